The molecule has 0 heterocycles. The Morgan fingerprint density at radius 1 is 0.952 bits per heavy atom. The summed E-state index contributed by atoms with van der Waals surface area (Å²) in [6.45, 7) is 0. The molecule has 5 nitrogen and oxygen atoms in total. The zero-order valence-electron chi connectivity index (χ0n) is 10.7. The molecule has 0 aliphatic heterocycles. The number of carbonyl (C=O) groups is 2. The predicted octanol–water partition coefficient (Wildman–Crippen LogP) is 1.22. The van der Waals surface area contributed by atoms with Gasteiger partial charge in [0.05, 0.1) is 5.97 Å². The van der Waals surface area contributed by atoms with Crippen LogP contribution in [0.1, 0.15) is 15.9 Å². The second-order valence-electron chi connectivity index (χ2n) is 4.06. The lowest BCUT2D eigenvalue weighted by atomic mass is 10.1. The number of hydrazone groups is 1. The minimum atomic E-state index is -1.47. The van der Waals surface area contributed by atoms with Crippen LogP contribution in [0, 0.1) is 0 Å². The molecule has 0 aliphatic rings. The first kappa shape index (κ1) is 14.7. The number of aliphatic carboxylic acids is 1. The van der Waals surface area contributed by atoms with Crippen LogP contribution in [-0.4, -0.2) is 17.6 Å². The third-order valence-electron chi connectivity index (χ3n) is 2.62. The van der Waals surface area contributed by atoms with Crippen molar-refractivity contribution in [1.29, 1.82) is 0 Å². The Labute approximate surface area is 125 Å². The maximum absolute atomic E-state index is 11.8. The van der Waals surface area contributed by atoms with E-state index in [1.807, 2.05) is 0 Å². The lowest BCUT2D eigenvalue weighted by molar-refractivity contribution is -0.294. The Bertz CT molecular complexity index is 682. The highest BCUT2D eigenvalue weighted by molar-refractivity contribution is 6.41. The summed E-state index contributed by atoms with van der Waals surface area (Å²) in [5, 5.41) is 15.2. The molecule has 0 bridgehead atoms. The Kier molecular flexibility index (Phi) is 4.68. The second-order valence-corrected chi connectivity index (χ2v) is 4.50. The summed E-state index contributed by atoms with van der Waals surface area (Å²) >= 11 is 5.72. The van der Waals surface area contributed by atoms with E-state index in [2.05, 4.69) is 10.5 Å². The van der Waals surface area contributed by atoms with E-state index in [4.69, 9.17) is 11.6 Å². The Morgan fingerprint density at radius 3 is 2.14 bits per heavy atom. The standard InChI is InChI=1S/C15H11ClN2O3/c16-12-8-6-11(7-9-12)14(19)18-17-13(15(20)21)10-4-2-1-3-5-10/h1-9H,(H,18,19)(H,20,21)/p-1/b17-13-. The van der Waals surface area contributed by atoms with Crippen molar-refractivity contribution in [2.24, 2.45) is 5.10 Å². The normalized spacial score (nSPS) is 11.0. The molecular formula is C15H10ClN2O3-. The van der Waals surface area contributed by atoms with Gasteiger partial charge in [-0.3, -0.25) is 4.79 Å². The highest BCUT2D eigenvalue weighted by Crippen LogP contribution is 2.09. The van der Waals surface area contributed by atoms with E-state index >= 15 is 0 Å². The number of rotatable bonds is 4. The van der Waals surface area contributed by atoms with Crippen LogP contribution in [0.5, 0.6) is 0 Å². The molecule has 0 saturated carbocycles. The summed E-state index contributed by atoms with van der Waals surface area (Å²) in [6, 6.07) is 14.3. The molecule has 1 amide bonds. The number of carboxylic acids is 1. The van der Waals surface area contributed by atoms with E-state index in [9.17, 15) is 14.7 Å². The molecule has 0 unspecified atom stereocenters. The van der Waals surface area contributed by atoms with Gasteiger partial charge in [0.2, 0.25) is 0 Å². The maximum atomic E-state index is 11.8. The van der Waals surface area contributed by atoms with E-state index in [0.717, 1.165) is 0 Å². The second kappa shape index (κ2) is 6.67. The number of hydrogen-bond donors (Lipinski definition) is 1. The van der Waals surface area contributed by atoms with Gasteiger partial charge in [0.25, 0.3) is 5.91 Å². The SMILES string of the molecule is O=C([O-])/C(=N\NC(=O)c1ccc(Cl)cc1)c1ccccc1. The first-order valence-electron chi connectivity index (χ1n) is 5.98. The summed E-state index contributed by atoms with van der Waals surface area (Å²) in [6.07, 6.45) is 0. The van der Waals surface area contributed by atoms with E-state index in [0.29, 0.717) is 16.1 Å². The molecule has 1 N–H and O–H groups in total. The summed E-state index contributed by atoms with van der Waals surface area (Å²) in [7, 11) is 0. The van der Waals surface area contributed by atoms with Crippen molar-refractivity contribution in [3.8, 4) is 0 Å². The molecule has 0 aromatic heterocycles. The average molecular weight is 302 g/mol. The minimum absolute atomic E-state index is 0.314. The molecule has 0 spiro atoms. The summed E-state index contributed by atoms with van der Waals surface area (Å²) in [5.41, 5.74) is 2.49. The predicted molar refractivity (Wildman–Crippen MR) is 76.9 cm³/mol. The molecule has 21 heavy (non-hydrogen) atoms. The molecule has 2 rings (SSSR count). The fourth-order valence-corrected chi connectivity index (χ4v) is 1.72. The number of amides is 1. The minimum Gasteiger partial charge on any atom is -0.543 e. The first-order valence-corrected chi connectivity index (χ1v) is 6.36. The molecule has 2 aromatic carbocycles. The molecule has 0 aliphatic carbocycles. The number of benzene rings is 2. The lowest BCUT2D eigenvalue weighted by Crippen LogP contribution is -2.34. The number of carboxylic acid groups (broad SMARTS) is 1. The number of hydrogen-bond acceptors (Lipinski definition) is 4. The van der Waals surface area contributed by atoms with Gasteiger partial charge in [-0.15, -0.1) is 0 Å². The van der Waals surface area contributed by atoms with E-state index in [1.54, 1.807) is 42.5 Å². The molecule has 6 heteroatoms. The van der Waals surface area contributed by atoms with Crippen molar-refractivity contribution in [2.75, 3.05) is 0 Å². The molecule has 0 saturated heterocycles. The summed E-state index contributed by atoms with van der Waals surface area (Å²) in [5.74, 6) is -2.01. The molecule has 2 aromatic rings. The average Bonchev–Trinajstić information content (AvgIpc) is 2.48. The van der Waals surface area contributed by atoms with Crippen molar-refractivity contribution in [3.63, 3.8) is 0 Å². The number of nitrogens with zero attached hydrogens (tertiary/aromatic N) is 1. The monoisotopic (exact) mass is 301 g/mol. The Morgan fingerprint density at radius 2 is 1.57 bits per heavy atom. The van der Waals surface area contributed by atoms with Gasteiger partial charge in [0, 0.05) is 16.1 Å². The molecule has 0 atom stereocenters. The zero-order valence-corrected chi connectivity index (χ0v) is 11.5. The van der Waals surface area contributed by atoms with Gasteiger partial charge in [-0.05, 0) is 24.3 Å². The lowest BCUT2D eigenvalue weighted by Gasteiger charge is -2.08. The van der Waals surface area contributed by atoms with Crippen molar-refractivity contribution in [1.82, 2.24) is 5.43 Å². The van der Waals surface area contributed by atoms with Crippen LogP contribution in [0.25, 0.3) is 0 Å². The number of carbonyl (C=O) groups excluding carboxylic acids is 2. The first-order chi connectivity index (χ1) is 10.1. The van der Waals surface area contributed by atoms with Crippen LogP contribution in [0.2, 0.25) is 5.02 Å². The van der Waals surface area contributed by atoms with Crippen LogP contribution < -0.4 is 10.5 Å². The van der Waals surface area contributed by atoms with Crippen molar-refractivity contribution in [2.45, 2.75) is 0 Å². The van der Waals surface area contributed by atoms with E-state index < -0.39 is 11.9 Å². The largest absolute Gasteiger partial charge is 0.543 e. The highest BCUT2D eigenvalue weighted by atomic mass is 35.5. The molecule has 0 fully saturated rings. The topological polar surface area (TPSA) is 81.6 Å². The van der Waals surface area contributed by atoms with Gasteiger partial charge >= 0.3 is 0 Å². The van der Waals surface area contributed by atoms with Crippen LogP contribution in [0.15, 0.2) is 59.7 Å². The van der Waals surface area contributed by atoms with Gasteiger partial charge in [0.15, 0.2) is 0 Å². The van der Waals surface area contributed by atoms with Crippen molar-refractivity contribution < 1.29 is 14.7 Å². The molecule has 106 valence electrons. The number of nitrogens with one attached hydrogen (secondary N) is 1. The third-order valence-corrected chi connectivity index (χ3v) is 2.87. The van der Waals surface area contributed by atoms with E-state index in [-0.39, 0.29) is 5.71 Å². The van der Waals surface area contributed by atoms with Crippen LogP contribution >= 0.6 is 11.6 Å². The van der Waals surface area contributed by atoms with Gasteiger partial charge in [0.1, 0.15) is 5.71 Å². The summed E-state index contributed by atoms with van der Waals surface area (Å²) in [4.78, 5) is 22.9. The van der Waals surface area contributed by atoms with Gasteiger partial charge < -0.3 is 9.90 Å². The molecule has 0 radical (unpaired) electrons. The quantitative estimate of drug-likeness (QED) is 0.681. The number of halogens is 1. The highest BCUT2D eigenvalue weighted by Gasteiger charge is 2.07. The van der Waals surface area contributed by atoms with Crippen molar-refractivity contribution in [3.05, 3.63) is 70.7 Å². The summed E-state index contributed by atoms with van der Waals surface area (Å²) < 4.78 is 0. The van der Waals surface area contributed by atoms with Gasteiger partial charge in [-0.25, -0.2) is 5.43 Å². The fourth-order valence-electron chi connectivity index (χ4n) is 1.60. The third kappa shape index (κ3) is 3.90. The van der Waals surface area contributed by atoms with Crippen molar-refractivity contribution >= 4 is 29.2 Å². The Hall–Kier alpha value is -2.66. The van der Waals surface area contributed by atoms with Gasteiger partial charge in [-0.1, -0.05) is 41.9 Å². The van der Waals surface area contributed by atoms with Gasteiger partial charge in [-0.2, -0.15) is 5.10 Å². The molecular weight excluding hydrogens is 292 g/mol. The van der Waals surface area contributed by atoms with Crippen LogP contribution in [0.4, 0.5) is 0 Å². The van der Waals surface area contributed by atoms with Crippen LogP contribution in [0.3, 0.4) is 0 Å². The fraction of sp³-hybridized carbons (Fsp3) is 0. The smallest absolute Gasteiger partial charge is 0.271 e. The van der Waals surface area contributed by atoms with E-state index in [1.165, 1.54) is 12.1 Å². The van der Waals surface area contributed by atoms with Crippen LogP contribution in [-0.2, 0) is 4.79 Å². The zero-order chi connectivity index (χ0) is 15.2. The maximum Gasteiger partial charge on any atom is 0.271 e. The Balaban J connectivity index is 2.19.